The van der Waals surface area contributed by atoms with Crippen LogP contribution in [-0.4, -0.2) is 15.0 Å². The van der Waals surface area contributed by atoms with E-state index in [0.29, 0.717) is 11.2 Å². The lowest BCUT2D eigenvalue weighted by Crippen LogP contribution is -2.21. The zero-order valence-electron chi connectivity index (χ0n) is 8.03. The molecule has 0 aromatic carbocycles. The Morgan fingerprint density at radius 1 is 1.54 bits per heavy atom. The van der Waals surface area contributed by atoms with Crippen molar-refractivity contribution in [2.24, 2.45) is 5.41 Å². The number of nitrogens with two attached hydrogens (primary N) is 1. The molecule has 0 radical (unpaired) electrons. The van der Waals surface area contributed by atoms with E-state index in [1.807, 2.05) is 0 Å². The van der Waals surface area contributed by atoms with Crippen LogP contribution in [0, 0.1) is 5.41 Å². The summed E-state index contributed by atoms with van der Waals surface area (Å²) >= 11 is 0. The third-order valence-corrected chi connectivity index (χ3v) is 2.89. The summed E-state index contributed by atoms with van der Waals surface area (Å²) in [5.41, 5.74) is 5.90. The SMILES string of the molecule is CC1(Cn2ncc(N)n2)CCCC1. The van der Waals surface area contributed by atoms with Gasteiger partial charge in [0.05, 0.1) is 12.7 Å². The summed E-state index contributed by atoms with van der Waals surface area (Å²) in [6.45, 7) is 3.21. The summed E-state index contributed by atoms with van der Waals surface area (Å²) in [5.74, 6) is 0.515. The number of nitrogens with zero attached hydrogens (tertiary/aromatic N) is 3. The van der Waals surface area contributed by atoms with E-state index in [1.54, 1.807) is 11.0 Å². The Kier molecular flexibility index (Phi) is 1.98. The number of nitrogen functional groups attached to an aromatic ring is 1. The van der Waals surface area contributed by atoms with Gasteiger partial charge in [-0.2, -0.15) is 9.90 Å². The van der Waals surface area contributed by atoms with Crippen molar-refractivity contribution in [3.05, 3.63) is 6.20 Å². The molecule has 0 amide bonds. The summed E-state index contributed by atoms with van der Waals surface area (Å²) < 4.78 is 0. The van der Waals surface area contributed by atoms with E-state index in [0.717, 1.165) is 6.54 Å². The fraction of sp³-hybridized carbons (Fsp3) is 0.778. The molecule has 1 aromatic heterocycles. The van der Waals surface area contributed by atoms with Crippen molar-refractivity contribution in [1.29, 1.82) is 0 Å². The van der Waals surface area contributed by atoms with Crippen LogP contribution in [0.1, 0.15) is 32.6 Å². The molecule has 0 aliphatic heterocycles. The largest absolute Gasteiger partial charge is 0.381 e. The van der Waals surface area contributed by atoms with E-state index in [-0.39, 0.29) is 0 Å². The van der Waals surface area contributed by atoms with E-state index in [1.165, 1.54) is 25.7 Å². The number of rotatable bonds is 2. The Hall–Kier alpha value is -1.06. The fourth-order valence-electron chi connectivity index (χ4n) is 2.11. The smallest absolute Gasteiger partial charge is 0.165 e. The molecule has 4 nitrogen and oxygen atoms in total. The minimum absolute atomic E-state index is 0.394. The zero-order valence-corrected chi connectivity index (χ0v) is 8.03. The van der Waals surface area contributed by atoms with Gasteiger partial charge in [-0.05, 0) is 18.3 Å². The quantitative estimate of drug-likeness (QED) is 0.749. The summed E-state index contributed by atoms with van der Waals surface area (Å²) in [6.07, 6.45) is 6.86. The standard InChI is InChI=1S/C9H16N4/c1-9(4-2-3-5-9)7-13-11-6-8(10)12-13/h6H,2-5,7H2,1H3,(H2,10,12). The second-order valence-electron chi connectivity index (χ2n) is 4.32. The first-order chi connectivity index (χ1) is 6.18. The third-order valence-electron chi connectivity index (χ3n) is 2.89. The molecule has 1 aromatic rings. The summed E-state index contributed by atoms with van der Waals surface area (Å²) in [5, 5.41) is 8.21. The first-order valence-electron chi connectivity index (χ1n) is 4.84. The topological polar surface area (TPSA) is 56.7 Å². The molecule has 72 valence electrons. The highest BCUT2D eigenvalue weighted by Crippen LogP contribution is 2.38. The molecule has 0 atom stereocenters. The number of hydrogen-bond acceptors (Lipinski definition) is 3. The lowest BCUT2D eigenvalue weighted by Gasteiger charge is -2.21. The van der Waals surface area contributed by atoms with Gasteiger partial charge in [0.15, 0.2) is 5.82 Å². The first kappa shape index (κ1) is 8.53. The molecule has 2 rings (SSSR count). The number of hydrogen-bond donors (Lipinski definition) is 1. The Morgan fingerprint density at radius 3 is 2.77 bits per heavy atom. The molecule has 13 heavy (non-hydrogen) atoms. The first-order valence-corrected chi connectivity index (χ1v) is 4.84. The monoisotopic (exact) mass is 180 g/mol. The highest BCUT2D eigenvalue weighted by molar-refractivity contribution is 5.19. The van der Waals surface area contributed by atoms with Gasteiger partial charge >= 0.3 is 0 Å². The van der Waals surface area contributed by atoms with E-state index >= 15 is 0 Å². The van der Waals surface area contributed by atoms with Gasteiger partial charge in [0.1, 0.15) is 0 Å². The molecule has 4 heteroatoms. The van der Waals surface area contributed by atoms with E-state index in [9.17, 15) is 0 Å². The molecule has 0 saturated heterocycles. The van der Waals surface area contributed by atoms with Crippen LogP contribution in [0.15, 0.2) is 6.20 Å². The molecule has 2 N–H and O–H groups in total. The van der Waals surface area contributed by atoms with Crippen molar-refractivity contribution in [1.82, 2.24) is 15.0 Å². The maximum Gasteiger partial charge on any atom is 0.165 e. The highest BCUT2D eigenvalue weighted by atomic mass is 15.5. The Morgan fingerprint density at radius 2 is 2.23 bits per heavy atom. The molecule has 1 heterocycles. The molecule has 1 saturated carbocycles. The van der Waals surface area contributed by atoms with Crippen LogP contribution < -0.4 is 5.73 Å². The van der Waals surface area contributed by atoms with Crippen molar-refractivity contribution >= 4 is 5.82 Å². The van der Waals surface area contributed by atoms with Gasteiger partial charge in [-0.15, -0.1) is 5.10 Å². The van der Waals surface area contributed by atoms with Gasteiger partial charge < -0.3 is 5.73 Å². The van der Waals surface area contributed by atoms with Crippen LogP contribution in [-0.2, 0) is 6.54 Å². The van der Waals surface area contributed by atoms with Crippen molar-refractivity contribution < 1.29 is 0 Å². The predicted molar refractivity (Wildman–Crippen MR) is 51.0 cm³/mol. The zero-order chi connectivity index (χ0) is 9.31. The maximum absolute atomic E-state index is 5.50. The summed E-state index contributed by atoms with van der Waals surface area (Å²) in [4.78, 5) is 1.72. The highest BCUT2D eigenvalue weighted by Gasteiger charge is 2.29. The number of anilines is 1. The van der Waals surface area contributed by atoms with Crippen LogP contribution in [0.2, 0.25) is 0 Å². The lowest BCUT2D eigenvalue weighted by molar-refractivity contribution is 0.252. The molecule has 1 aliphatic carbocycles. The van der Waals surface area contributed by atoms with E-state index < -0.39 is 0 Å². The molecule has 0 bridgehead atoms. The van der Waals surface area contributed by atoms with Crippen molar-refractivity contribution in [3.8, 4) is 0 Å². The van der Waals surface area contributed by atoms with Crippen molar-refractivity contribution in [2.75, 3.05) is 5.73 Å². The molecule has 1 fully saturated rings. The Labute approximate surface area is 78.1 Å². The summed E-state index contributed by atoms with van der Waals surface area (Å²) in [7, 11) is 0. The van der Waals surface area contributed by atoms with Gasteiger partial charge in [0, 0.05) is 0 Å². The average molecular weight is 180 g/mol. The second kappa shape index (κ2) is 3.01. The molecular weight excluding hydrogens is 164 g/mol. The number of aromatic nitrogens is 3. The molecule has 0 unspecified atom stereocenters. The Balaban J connectivity index is 2.04. The van der Waals surface area contributed by atoms with Gasteiger partial charge in [-0.3, -0.25) is 0 Å². The normalized spacial score (nSPS) is 20.7. The fourth-order valence-corrected chi connectivity index (χ4v) is 2.11. The molecule has 1 aliphatic rings. The minimum atomic E-state index is 0.394. The van der Waals surface area contributed by atoms with Gasteiger partial charge in [-0.25, -0.2) is 0 Å². The van der Waals surface area contributed by atoms with Crippen LogP contribution in [0.5, 0.6) is 0 Å². The predicted octanol–water partition coefficient (Wildman–Crippen LogP) is 1.44. The van der Waals surface area contributed by atoms with Gasteiger partial charge in [0.25, 0.3) is 0 Å². The van der Waals surface area contributed by atoms with Crippen LogP contribution in [0.4, 0.5) is 5.82 Å². The second-order valence-corrected chi connectivity index (χ2v) is 4.32. The van der Waals surface area contributed by atoms with Gasteiger partial charge in [-0.1, -0.05) is 19.8 Å². The third kappa shape index (κ3) is 1.82. The van der Waals surface area contributed by atoms with E-state index in [2.05, 4.69) is 17.1 Å². The Bertz CT molecular complexity index is 286. The van der Waals surface area contributed by atoms with Crippen LogP contribution in [0.3, 0.4) is 0 Å². The van der Waals surface area contributed by atoms with E-state index in [4.69, 9.17) is 5.73 Å². The average Bonchev–Trinajstić information content (AvgIpc) is 2.62. The van der Waals surface area contributed by atoms with Crippen LogP contribution in [0.25, 0.3) is 0 Å². The molecule has 0 spiro atoms. The van der Waals surface area contributed by atoms with Gasteiger partial charge in [0.2, 0.25) is 0 Å². The van der Waals surface area contributed by atoms with Crippen molar-refractivity contribution in [2.45, 2.75) is 39.2 Å². The summed E-state index contributed by atoms with van der Waals surface area (Å²) in [6, 6.07) is 0. The minimum Gasteiger partial charge on any atom is -0.381 e. The lowest BCUT2D eigenvalue weighted by atomic mass is 9.89. The van der Waals surface area contributed by atoms with Crippen molar-refractivity contribution in [3.63, 3.8) is 0 Å². The maximum atomic E-state index is 5.50. The molecular formula is C9H16N4. The van der Waals surface area contributed by atoms with Crippen LogP contribution >= 0.6 is 0 Å².